The fourth-order valence-corrected chi connectivity index (χ4v) is 2.13. The van der Waals surface area contributed by atoms with Gasteiger partial charge < -0.3 is 15.6 Å². The SMILES string of the molecule is COC(=O)C(CN)(CCC(C)O)C1CC1. The number of methoxy groups -OCH3 is 1. The van der Waals surface area contributed by atoms with Crippen molar-refractivity contribution in [2.45, 2.75) is 38.7 Å². The largest absolute Gasteiger partial charge is 0.469 e. The number of nitrogens with two attached hydrogens (primary N) is 1. The minimum absolute atomic E-state index is 0.215. The van der Waals surface area contributed by atoms with Crippen molar-refractivity contribution in [1.82, 2.24) is 0 Å². The summed E-state index contributed by atoms with van der Waals surface area (Å²) in [5.74, 6) is 0.141. The number of hydrogen-bond donors (Lipinski definition) is 2. The Morgan fingerprint density at radius 2 is 2.27 bits per heavy atom. The van der Waals surface area contributed by atoms with Gasteiger partial charge in [-0.2, -0.15) is 0 Å². The lowest BCUT2D eigenvalue weighted by Crippen LogP contribution is -2.42. The first-order valence-corrected chi connectivity index (χ1v) is 5.53. The zero-order valence-electron chi connectivity index (χ0n) is 9.53. The highest BCUT2D eigenvalue weighted by molar-refractivity contribution is 5.78. The zero-order valence-corrected chi connectivity index (χ0v) is 9.53. The molecule has 0 aliphatic heterocycles. The van der Waals surface area contributed by atoms with Gasteiger partial charge in [0.1, 0.15) is 0 Å². The van der Waals surface area contributed by atoms with Crippen molar-refractivity contribution in [2.24, 2.45) is 17.1 Å². The van der Waals surface area contributed by atoms with Crippen LogP contribution in [0.3, 0.4) is 0 Å². The van der Waals surface area contributed by atoms with E-state index in [2.05, 4.69) is 0 Å². The van der Waals surface area contributed by atoms with Crippen molar-refractivity contribution < 1.29 is 14.6 Å². The first-order valence-electron chi connectivity index (χ1n) is 5.53. The van der Waals surface area contributed by atoms with Crippen molar-refractivity contribution >= 4 is 5.97 Å². The van der Waals surface area contributed by atoms with Gasteiger partial charge in [-0.15, -0.1) is 0 Å². The predicted molar refractivity (Wildman–Crippen MR) is 57.1 cm³/mol. The number of rotatable bonds is 6. The molecule has 4 heteroatoms. The van der Waals surface area contributed by atoms with Gasteiger partial charge in [0.05, 0.1) is 18.6 Å². The van der Waals surface area contributed by atoms with Gasteiger partial charge >= 0.3 is 5.97 Å². The Bertz CT molecular complexity index is 226. The molecule has 0 spiro atoms. The molecule has 0 bridgehead atoms. The van der Waals surface area contributed by atoms with Crippen molar-refractivity contribution in [3.63, 3.8) is 0 Å². The first kappa shape index (κ1) is 12.5. The molecule has 3 N–H and O–H groups in total. The summed E-state index contributed by atoms with van der Waals surface area (Å²) in [4.78, 5) is 11.8. The number of carbonyl (C=O) groups excluding carboxylic acids is 1. The third kappa shape index (κ3) is 2.69. The van der Waals surface area contributed by atoms with Crippen LogP contribution in [0.15, 0.2) is 0 Å². The van der Waals surface area contributed by atoms with Gasteiger partial charge in [0.2, 0.25) is 0 Å². The van der Waals surface area contributed by atoms with Gasteiger partial charge in [-0.3, -0.25) is 4.79 Å². The van der Waals surface area contributed by atoms with Crippen LogP contribution < -0.4 is 5.73 Å². The molecule has 1 saturated carbocycles. The van der Waals surface area contributed by atoms with Crippen molar-refractivity contribution in [3.05, 3.63) is 0 Å². The molecule has 1 aliphatic carbocycles. The molecule has 1 rings (SSSR count). The topological polar surface area (TPSA) is 72.5 Å². The van der Waals surface area contributed by atoms with E-state index in [0.717, 1.165) is 12.8 Å². The van der Waals surface area contributed by atoms with Gasteiger partial charge in [-0.1, -0.05) is 0 Å². The standard InChI is InChI=1S/C11H21NO3/c1-8(13)5-6-11(7-12,9-3-4-9)10(14)15-2/h8-9,13H,3-7,12H2,1-2H3. The number of ether oxygens (including phenoxy) is 1. The second-order valence-corrected chi connectivity index (χ2v) is 4.51. The van der Waals surface area contributed by atoms with E-state index in [-0.39, 0.29) is 12.1 Å². The van der Waals surface area contributed by atoms with Crippen LogP contribution in [0.25, 0.3) is 0 Å². The molecular formula is C11H21NO3. The van der Waals surface area contributed by atoms with Gasteiger partial charge in [-0.25, -0.2) is 0 Å². The molecular weight excluding hydrogens is 194 g/mol. The molecule has 4 nitrogen and oxygen atoms in total. The predicted octanol–water partition coefficient (Wildman–Crippen LogP) is 0.675. The highest BCUT2D eigenvalue weighted by Crippen LogP contribution is 2.48. The van der Waals surface area contributed by atoms with E-state index in [0.29, 0.717) is 25.3 Å². The van der Waals surface area contributed by atoms with Gasteiger partial charge in [0.25, 0.3) is 0 Å². The van der Waals surface area contributed by atoms with E-state index >= 15 is 0 Å². The van der Waals surface area contributed by atoms with E-state index in [9.17, 15) is 9.90 Å². The molecule has 0 radical (unpaired) electrons. The summed E-state index contributed by atoms with van der Waals surface area (Å²) < 4.78 is 4.84. The Kier molecular flexibility index (Phi) is 4.11. The average Bonchev–Trinajstić information content (AvgIpc) is 3.03. The Morgan fingerprint density at radius 3 is 2.60 bits per heavy atom. The molecule has 88 valence electrons. The maximum Gasteiger partial charge on any atom is 0.313 e. The summed E-state index contributed by atoms with van der Waals surface area (Å²) in [6.07, 6.45) is 2.93. The van der Waals surface area contributed by atoms with Crippen molar-refractivity contribution in [3.8, 4) is 0 Å². The third-order valence-corrected chi connectivity index (χ3v) is 3.32. The molecule has 0 heterocycles. The summed E-state index contributed by atoms with van der Waals surface area (Å²) in [5, 5.41) is 9.27. The van der Waals surface area contributed by atoms with Crippen LogP contribution in [0, 0.1) is 11.3 Å². The molecule has 0 aromatic rings. The van der Waals surface area contributed by atoms with E-state index in [1.165, 1.54) is 7.11 Å². The van der Waals surface area contributed by atoms with Crippen LogP contribution in [0.5, 0.6) is 0 Å². The average molecular weight is 215 g/mol. The first-order chi connectivity index (χ1) is 7.06. The second kappa shape index (κ2) is 4.94. The Morgan fingerprint density at radius 1 is 1.67 bits per heavy atom. The lowest BCUT2D eigenvalue weighted by atomic mass is 9.77. The molecule has 0 saturated heterocycles. The summed E-state index contributed by atoms with van der Waals surface area (Å²) in [6.45, 7) is 2.04. The van der Waals surface area contributed by atoms with Gasteiger partial charge in [0, 0.05) is 6.54 Å². The maximum absolute atomic E-state index is 11.8. The molecule has 0 aromatic carbocycles. The molecule has 2 unspecified atom stereocenters. The van der Waals surface area contributed by atoms with Crippen LogP contribution in [0.1, 0.15) is 32.6 Å². The van der Waals surface area contributed by atoms with E-state index in [1.54, 1.807) is 6.92 Å². The summed E-state index contributed by atoms with van der Waals surface area (Å²) in [5.41, 5.74) is 5.18. The number of esters is 1. The smallest absolute Gasteiger partial charge is 0.313 e. The minimum atomic E-state index is -0.550. The van der Waals surface area contributed by atoms with E-state index in [4.69, 9.17) is 10.5 Å². The number of aliphatic hydroxyl groups excluding tert-OH is 1. The van der Waals surface area contributed by atoms with E-state index < -0.39 is 5.41 Å². The Balaban J connectivity index is 2.69. The van der Waals surface area contributed by atoms with Crippen molar-refractivity contribution in [1.29, 1.82) is 0 Å². The monoisotopic (exact) mass is 215 g/mol. The number of hydrogen-bond acceptors (Lipinski definition) is 4. The normalized spacial score (nSPS) is 21.9. The third-order valence-electron chi connectivity index (χ3n) is 3.32. The zero-order chi connectivity index (χ0) is 11.5. The quantitative estimate of drug-likeness (QED) is 0.639. The summed E-state index contributed by atoms with van der Waals surface area (Å²) >= 11 is 0. The van der Waals surface area contributed by atoms with Gasteiger partial charge in [0.15, 0.2) is 0 Å². The fraction of sp³-hybridized carbons (Fsp3) is 0.909. The molecule has 2 atom stereocenters. The van der Waals surface area contributed by atoms with Crippen molar-refractivity contribution in [2.75, 3.05) is 13.7 Å². The molecule has 1 fully saturated rings. The van der Waals surface area contributed by atoms with Crippen LogP contribution in [-0.2, 0) is 9.53 Å². The molecule has 0 aromatic heterocycles. The van der Waals surface area contributed by atoms with E-state index in [1.807, 2.05) is 0 Å². The summed E-state index contributed by atoms with van der Waals surface area (Å²) in [7, 11) is 1.40. The van der Waals surface area contributed by atoms with Gasteiger partial charge in [-0.05, 0) is 38.5 Å². The lowest BCUT2D eigenvalue weighted by Gasteiger charge is -2.30. The highest BCUT2D eigenvalue weighted by Gasteiger charge is 2.50. The van der Waals surface area contributed by atoms with Crippen LogP contribution in [-0.4, -0.2) is 30.8 Å². The minimum Gasteiger partial charge on any atom is -0.469 e. The fourth-order valence-electron chi connectivity index (χ4n) is 2.13. The van der Waals surface area contributed by atoms with Crippen LogP contribution in [0.4, 0.5) is 0 Å². The number of carbonyl (C=O) groups is 1. The second-order valence-electron chi connectivity index (χ2n) is 4.51. The lowest BCUT2D eigenvalue weighted by molar-refractivity contribution is -0.154. The van der Waals surface area contributed by atoms with Crippen LogP contribution in [0.2, 0.25) is 0 Å². The highest BCUT2D eigenvalue weighted by atomic mass is 16.5. The van der Waals surface area contributed by atoms with Crippen LogP contribution >= 0.6 is 0 Å². The molecule has 15 heavy (non-hydrogen) atoms. The maximum atomic E-state index is 11.8. The number of aliphatic hydroxyl groups is 1. The molecule has 0 amide bonds. The summed E-state index contributed by atoms with van der Waals surface area (Å²) in [6, 6.07) is 0. The Hall–Kier alpha value is -0.610. The Labute approximate surface area is 90.8 Å². The molecule has 1 aliphatic rings.